The first-order valence-corrected chi connectivity index (χ1v) is 6.53. The number of anilines is 2. The number of aliphatic hydroxyl groups excluding tert-OH is 2. The molecule has 20 heavy (non-hydrogen) atoms. The molecule has 2 aromatic rings. The molecule has 4 N–H and O–H groups in total. The molecule has 1 heterocycles. The highest BCUT2D eigenvalue weighted by molar-refractivity contribution is 5.81. The molecule has 0 saturated heterocycles. The fraction of sp³-hybridized carbons (Fsp3) is 0.267. The number of rotatable bonds is 6. The van der Waals surface area contributed by atoms with E-state index in [0.29, 0.717) is 18.8 Å². The number of benzene rings is 1. The number of aliphatic hydroxyl groups is 2. The zero-order valence-corrected chi connectivity index (χ0v) is 11.2. The van der Waals surface area contributed by atoms with Gasteiger partial charge in [0.25, 0.3) is 0 Å². The average Bonchev–Trinajstić information content (AvgIpc) is 2.48. The molecule has 1 aromatic heterocycles. The predicted molar refractivity (Wildman–Crippen MR) is 80.5 cm³/mol. The summed E-state index contributed by atoms with van der Waals surface area (Å²) in [5, 5.41) is 18.4. The van der Waals surface area contributed by atoms with Crippen LogP contribution in [0.3, 0.4) is 0 Å². The van der Waals surface area contributed by atoms with Gasteiger partial charge in [0.1, 0.15) is 0 Å². The van der Waals surface area contributed by atoms with Gasteiger partial charge in [-0.25, -0.2) is 0 Å². The lowest BCUT2D eigenvalue weighted by atomic mass is 10.0. The number of pyridine rings is 1. The lowest BCUT2D eigenvalue weighted by Gasteiger charge is -2.26. The maximum Gasteiger partial charge on any atom is 0.0606 e. The van der Waals surface area contributed by atoms with Crippen LogP contribution >= 0.6 is 0 Å². The van der Waals surface area contributed by atoms with Gasteiger partial charge in [-0.05, 0) is 24.3 Å². The second-order valence-corrected chi connectivity index (χ2v) is 4.45. The summed E-state index contributed by atoms with van der Waals surface area (Å²) in [5.41, 5.74) is 9.37. The predicted octanol–water partition coefficient (Wildman–Crippen LogP) is 1.12. The van der Waals surface area contributed by atoms with Crippen LogP contribution in [0.5, 0.6) is 0 Å². The number of hydrogen-bond acceptors (Lipinski definition) is 5. The van der Waals surface area contributed by atoms with Crippen LogP contribution in [0.4, 0.5) is 11.4 Å². The summed E-state index contributed by atoms with van der Waals surface area (Å²) in [6.07, 6.45) is 3.49. The molecule has 0 radical (unpaired) electrons. The molecule has 0 aliphatic heterocycles. The third-order valence-corrected chi connectivity index (χ3v) is 3.07. The van der Waals surface area contributed by atoms with Crippen molar-refractivity contribution in [3.63, 3.8) is 0 Å². The summed E-state index contributed by atoms with van der Waals surface area (Å²) < 4.78 is 0. The molecule has 5 nitrogen and oxygen atoms in total. The van der Waals surface area contributed by atoms with Crippen LogP contribution in [0, 0.1) is 0 Å². The van der Waals surface area contributed by atoms with Gasteiger partial charge in [-0.3, -0.25) is 4.98 Å². The van der Waals surface area contributed by atoms with E-state index in [9.17, 15) is 10.2 Å². The van der Waals surface area contributed by atoms with Crippen molar-refractivity contribution in [2.75, 3.05) is 36.9 Å². The minimum absolute atomic E-state index is 0.0247. The topological polar surface area (TPSA) is 82.6 Å². The van der Waals surface area contributed by atoms with E-state index in [1.165, 1.54) is 0 Å². The van der Waals surface area contributed by atoms with Gasteiger partial charge in [-0.15, -0.1) is 0 Å². The maximum atomic E-state index is 9.18. The highest BCUT2D eigenvalue weighted by atomic mass is 16.3. The average molecular weight is 273 g/mol. The Balaban J connectivity index is 2.46. The Labute approximate surface area is 118 Å². The number of nitrogen functional groups attached to an aromatic ring is 1. The number of nitrogens with two attached hydrogens (primary N) is 1. The second-order valence-electron chi connectivity index (χ2n) is 4.45. The molecule has 0 bridgehead atoms. The van der Waals surface area contributed by atoms with Gasteiger partial charge in [-0.2, -0.15) is 0 Å². The van der Waals surface area contributed by atoms with Crippen LogP contribution < -0.4 is 10.6 Å². The fourth-order valence-electron chi connectivity index (χ4n) is 2.18. The van der Waals surface area contributed by atoms with Crippen molar-refractivity contribution in [1.29, 1.82) is 0 Å². The molecule has 1 aromatic carbocycles. The Morgan fingerprint density at radius 1 is 1.10 bits per heavy atom. The van der Waals surface area contributed by atoms with Gasteiger partial charge >= 0.3 is 0 Å². The van der Waals surface area contributed by atoms with Crippen molar-refractivity contribution in [2.45, 2.75) is 0 Å². The zero-order chi connectivity index (χ0) is 14.4. The van der Waals surface area contributed by atoms with E-state index in [1.807, 2.05) is 35.2 Å². The molecule has 5 heteroatoms. The molecule has 0 aliphatic carbocycles. The fourth-order valence-corrected chi connectivity index (χ4v) is 2.18. The number of hydrogen-bond donors (Lipinski definition) is 3. The first kappa shape index (κ1) is 14.3. The molecule has 2 rings (SSSR count). The molecule has 0 fully saturated rings. The van der Waals surface area contributed by atoms with E-state index in [0.717, 1.165) is 16.8 Å². The second kappa shape index (κ2) is 6.88. The normalized spacial score (nSPS) is 10.5. The minimum Gasteiger partial charge on any atom is -0.399 e. The van der Waals surface area contributed by atoms with E-state index < -0.39 is 0 Å². The summed E-state index contributed by atoms with van der Waals surface area (Å²) in [5.74, 6) is 0. The molecule has 0 saturated carbocycles. The maximum absolute atomic E-state index is 9.18. The van der Waals surface area contributed by atoms with Crippen molar-refractivity contribution >= 4 is 11.4 Å². The van der Waals surface area contributed by atoms with Crippen LogP contribution in [-0.2, 0) is 0 Å². The summed E-state index contributed by atoms with van der Waals surface area (Å²) in [6.45, 7) is 0.962. The lowest BCUT2D eigenvalue weighted by Crippen LogP contribution is -2.30. The Kier molecular flexibility index (Phi) is 4.92. The highest BCUT2D eigenvalue weighted by Crippen LogP contribution is 2.32. The van der Waals surface area contributed by atoms with Gasteiger partial charge in [0, 0.05) is 48.0 Å². The van der Waals surface area contributed by atoms with Crippen LogP contribution in [-0.4, -0.2) is 41.5 Å². The van der Waals surface area contributed by atoms with E-state index in [1.54, 1.807) is 12.4 Å². The van der Waals surface area contributed by atoms with E-state index >= 15 is 0 Å². The summed E-state index contributed by atoms with van der Waals surface area (Å²) in [4.78, 5) is 6.06. The zero-order valence-electron chi connectivity index (χ0n) is 11.2. The lowest BCUT2D eigenvalue weighted by molar-refractivity contribution is 0.281. The van der Waals surface area contributed by atoms with Crippen molar-refractivity contribution < 1.29 is 10.2 Å². The quantitative estimate of drug-likeness (QED) is 0.687. The Morgan fingerprint density at radius 2 is 1.85 bits per heavy atom. The van der Waals surface area contributed by atoms with E-state index in [-0.39, 0.29) is 13.2 Å². The van der Waals surface area contributed by atoms with Crippen LogP contribution in [0.25, 0.3) is 11.1 Å². The van der Waals surface area contributed by atoms with Gasteiger partial charge in [-0.1, -0.05) is 6.07 Å². The van der Waals surface area contributed by atoms with Gasteiger partial charge in [0.2, 0.25) is 0 Å². The van der Waals surface area contributed by atoms with Gasteiger partial charge in [0.15, 0.2) is 0 Å². The largest absolute Gasteiger partial charge is 0.399 e. The molecule has 0 spiro atoms. The van der Waals surface area contributed by atoms with E-state index in [2.05, 4.69) is 4.98 Å². The summed E-state index contributed by atoms with van der Waals surface area (Å²) in [7, 11) is 0. The van der Waals surface area contributed by atoms with Gasteiger partial charge < -0.3 is 20.8 Å². The summed E-state index contributed by atoms with van der Waals surface area (Å²) in [6, 6.07) is 9.43. The molecule has 0 amide bonds. The van der Waals surface area contributed by atoms with Crippen molar-refractivity contribution in [3.8, 4) is 11.1 Å². The Morgan fingerprint density at radius 3 is 2.45 bits per heavy atom. The Bertz CT molecular complexity index is 540. The molecular formula is C15H19N3O2. The Hall–Kier alpha value is -2.11. The molecule has 0 aliphatic rings. The van der Waals surface area contributed by atoms with Crippen molar-refractivity contribution in [2.24, 2.45) is 0 Å². The monoisotopic (exact) mass is 273 g/mol. The van der Waals surface area contributed by atoms with Gasteiger partial charge in [0.05, 0.1) is 13.2 Å². The SMILES string of the molecule is Nc1ccc(N(CCO)CCO)c(-c2cccnc2)c1. The smallest absolute Gasteiger partial charge is 0.0606 e. The molecule has 0 atom stereocenters. The van der Waals surface area contributed by atoms with Crippen molar-refractivity contribution in [3.05, 3.63) is 42.7 Å². The first-order valence-electron chi connectivity index (χ1n) is 6.53. The third kappa shape index (κ3) is 3.26. The number of nitrogens with zero attached hydrogens (tertiary/aromatic N) is 2. The van der Waals surface area contributed by atoms with Crippen molar-refractivity contribution in [1.82, 2.24) is 4.98 Å². The number of aromatic nitrogens is 1. The third-order valence-electron chi connectivity index (χ3n) is 3.07. The van der Waals surface area contributed by atoms with Crippen LogP contribution in [0.15, 0.2) is 42.7 Å². The first-order chi connectivity index (χ1) is 9.76. The van der Waals surface area contributed by atoms with E-state index in [4.69, 9.17) is 5.73 Å². The summed E-state index contributed by atoms with van der Waals surface area (Å²) >= 11 is 0. The highest BCUT2D eigenvalue weighted by Gasteiger charge is 2.12. The molecule has 0 unspecified atom stereocenters. The van der Waals surface area contributed by atoms with Crippen LogP contribution in [0.1, 0.15) is 0 Å². The standard InChI is InChI=1S/C15H19N3O2/c16-13-3-4-15(18(6-8-19)7-9-20)14(10-13)12-2-1-5-17-11-12/h1-5,10-11,19-20H,6-9,16H2. The minimum atomic E-state index is 0.0247. The molecular weight excluding hydrogens is 254 g/mol. The van der Waals surface area contributed by atoms with Crippen LogP contribution in [0.2, 0.25) is 0 Å². The molecule has 106 valence electrons.